The highest BCUT2D eigenvalue weighted by atomic mass is 16.5. The summed E-state index contributed by atoms with van der Waals surface area (Å²) in [5.41, 5.74) is 3.86. The van der Waals surface area contributed by atoms with E-state index in [0.29, 0.717) is 23.7 Å². The maximum absolute atomic E-state index is 12.5. The Kier molecular flexibility index (Phi) is 5.11. The summed E-state index contributed by atoms with van der Waals surface area (Å²) in [6.07, 6.45) is 3.39. The summed E-state index contributed by atoms with van der Waals surface area (Å²) in [7, 11) is 1.58. The van der Waals surface area contributed by atoms with Gasteiger partial charge in [-0.05, 0) is 30.2 Å². The number of aromatic nitrogens is 3. The van der Waals surface area contributed by atoms with Crippen molar-refractivity contribution in [3.8, 4) is 17.1 Å². The predicted molar refractivity (Wildman–Crippen MR) is 109 cm³/mol. The number of methoxy groups -OCH3 is 1. The number of amides is 1. The highest BCUT2D eigenvalue weighted by Crippen LogP contribution is 2.30. The molecule has 0 atom stereocenters. The highest BCUT2D eigenvalue weighted by molar-refractivity contribution is 6.03. The van der Waals surface area contributed by atoms with Crippen LogP contribution in [-0.4, -0.2) is 28.0 Å². The Morgan fingerprint density at radius 1 is 1.17 bits per heavy atom. The third-order valence-corrected chi connectivity index (χ3v) is 4.60. The molecule has 7 heteroatoms. The van der Waals surface area contributed by atoms with E-state index >= 15 is 0 Å². The largest absolute Gasteiger partial charge is 0.496 e. The summed E-state index contributed by atoms with van der Waals surface area (Å²) in [5, 5.41) is 11.0. The molecular weight excluding hydrogens is 368 g/mol. The average molecular weight is 388 g/mol. The molecule has 1 amide bonds. The fourth-order valence-electron chi connectivity index (χ4n) is 3.03. The molecule has 0 unspecified atom stereocenters. The molecule has 2 aromatic heterocycles. The number of rotatable bonds is 6. The van der Waals surface area contributed by atoms with Crippen LogP contribution in [-0.2, 0) is 6.54 Å². The summed E-state index contributed by atoms with van der Waals surface area (Å²) in [6, 6.07) is 17.1. The van der Waals surface area contributed by atoms with E-state index in [-0.39, 0.29) is 11.6 Å². The van der Waals surface area contributed by atoms with Gasteiger partial charge in [0.2, 0.25) is 0 Å². The summed E-state index contributed by atoms with van der Waals surface area (Å²) < 4.78 is 12.4. The van der Waals surface area contributed by atoms with Crippen molar-refractivity contribution in [1.82, 2.24) is 14.9 Å². The molecule has 2 aromatic carbocycles. The zero-order valence-corrected chi connectivity index (χ0v) is 16.1. The number of benzene rings is 2. The summed E-state index contributed by atoms with van der Waals surface area (Å²) in [5.74, 6) is 0.737. The zero-order chi connectivity index (χ0) is 20.2. The SMILES string of the molecule is COc1ccccc1-c1cc(C(=O)Nc2cnn(Cc3ccccc3C)c2)no1. The molecule has 0 aliphatic carbocycles. The molecule has 0 spiro atoms. The molecule has 146 valence electrons. The highest BCUT2D eigenvalue weighted by Gasteiger charge is 2.17. The van der Waals surface area contributed by atoms with Crippen LogP contribution in [0.1, 0.15) is 21.6 Å². The van der Waals surface area contributed by atoms with E-state index in [1.165, 1.54) is 11.1 Å². The number of anilines is 1. The molecule has 7 nitrogen and oxygen atoms in total. The standard InChI is InChI=1S/C22H20N4O3/c1-15-7-3-4-8-16(15)13-26-14-17(12-23-26)24-22(27)19-11-21(29-25-19)18-9-5-6-10-20(18)28-2/h3-12,14H,13H2,1-2H3,(H,24,27). The Labute approximate surface area is 167 Å². The number of hydrogen-bond donors (Lipinski definition) is 1. The number of carbonyl (C=O) groups excluding carboxylic acids is 1. The monoisotopic (exact) mass is 388 g/mol. The second-order valence-electron chi connectivity index (χ2n) is 6.58. The van der Waals surface area contributed by atoms with Gasteiger partial charge in [0.25, 0.3) is 5.91 Å². The van der Waals surface area contributed by atoms with Crippen molar-refractivity contribution in [3.63, 3.8) is 0 Å². The Morgan fingerprint density at radius 3 is 2.79 bits per heavy atom. The van der Waals surface area contributed by atoms with Gasteiger partial charge in [-0.15, -0.1) is 0 Å². The smallest absolute Gasteiger partial charge is 0.277 e. The fourth-order valence-corrected chi connectivity index (χ4v) is 3.03. The molecule has 29 heavy (non-hydrogen) atoms. The van der Waals surface area contributed by atoms with Crippen molar-refractivity contribution in [2.24, 2.45) is 0 Å². The van der Waals surface area contributed by atoms with E-state index in [9.17, 15) is 4.79 Å². The number of aryl methyl sites for hydroxylation is 1. The maximum Gasteiger partial charge on any atom is 0.277 e. The van der Waals surface area contributed by atoms with Gasteiger partial charge in [0.1, 0.15) is 5.75 Å². The summed E-state index contributed by atoms with van der Waals surface area (Å²) in [4.78, 5) is 12.5. The lowest BCUT2D eigenvalue weighted by atomic mass is 10.1. The van der Waals surface area contributed by atoms with E-state index in [0.717, 1.165) is 5.56 Å². The van der Waals surface area contributed by atoms with E-state index in [1.807, 2.05) is 36.4 Å². The lowest BCUT2D eigenvalue weighted by Gasteiger charge is -2.05. The average Bonchev–Trinajstić information content (AvgIpc) is 3.39. The number of para-hydroxylation sites is 1. The van der Waals surface area contributed by atoms with Gasteiger partial charge >= 0.3 is 0 Å². The first kappa shape index (κ1) is 18.5. The first-order chi connectivity index (χ1) is 14.1. The lowest BCUT2D eigenvalue weighted by Crippen LogP contribution is -2.11. The van der Waals surface area contributed by atoms with Crippen LogP contribution >= 0.6 is 0 Å². The number of nitrogens with zero attached hydrogens (tertiary/aromatic N) is 3. The van der Waals surface area contributed by atoms with Gasteiger partial charge < -0.3 is 14.6 Å². The Balaban J connectivity index is 1.46. The Bertz CT molecular complexity index is 1150. The third-order valence-electron chi connectivity index (χ3n) is 4.60. The number of hydrogen-bond acceptors (Lipinski definition) is 5. The zero-order valence-electron chi connectivity index (χ0n) is 16.1. The topological polar surface area (TPSA) is 82.2 Å². The van der Waals surface area contributed by atoms with Crippen LogP contribution in [0.25, 0.3) is 11.3 Å². The van der Waals surface area contributed by atoms with Crippen molar-refractivity contribution in [3.05, 3.63) is 83.8 Å². The number of ether oxygens (including phenoxy) is 1. The van der Waals surface area contributed by atoms with Crippen LogP contribution in [0.5, 0.6) is 5.75 Å². The fraction of sp³-hybridized carbons (Fsp3) is 0.136. The van der Waals surface area contributed by atoms with Crippen molar-refractivity contribution >= 4 is 11.6 Å². The molecule has 0 bridgehead atoms. The van der Waals surface area contributed by atoms with Crippen molar-refractivity contribution in [1.29, 1.82) is 0 Å². The van der Waals surface area contributed by atoms with Gasteiger partial charge in [-0.25, -0.2) is 0 Å². The molecule has 0 saturated heterocycles. The first-order valence-electron chi connectivity index (χ1n) is 9.12. The molecule has 2 heterocycles. The predicted octanol–water partition coefficient (Wildman–Crippen LogP) is 4.16. The molecule has 0 aliphatic rings. The second kappa shape index (κ2) is 8.02. The molecule has 0 aliphatic heterocycles. The van der Waals surface area contributed by atoms with Gasteiger partial charge in [0.05, 0.1) is 31.1 Å². The van der Waals surface area contributed by atoms with Gasteiger partial charge in [0, 0.05) is 12.3 Å². The van der Waals surface area contributed by atoms with Crippen LogP contribution in [0.2, 0.25) is 0 Å². The van der Waals surface area contributed by atoms with Crippen LogP contribution in [0.4, 0.5) is 5.69 Å². The van der Waals surface area contributed by atoms with Gasteiger partial charge in [0.15, 0.2) is 11.5 Å². The number of carbonyl (C=O) groups is 1. The van der Waals surface area contributed by atoms with Crippen molar-refractivity contribution in [2.45, 2.75) is 13.5 Å². The normalized spacial score (nSPS) is 10.7. The summed E-state index contributed by atoms with van der Waals surface area (Å²) >= 11 is 0. The Hall–Kier alpha value is -3.87. The molecule has 0 saturated carbocycles. The third kappa shape index (κ3) is 4.03. The number of nitrogens with one attached hydrogen (secondary N) is 1. The van der Waals surface area contributed by atoms with Crippen LogP contribution in [0.15, 0.2) is 71.5 Å². The van der Waals surface area contributed by atoms with Gasteiger partial charge in [-0.1, -0.05) is 41.6 Å². The quantitative estimate of drug-likeness (QED) is 0.536. The molecule has 1 N–H and O–H groups in total. The molecule has 4 aromatic rings. The van der Waals surface area contributed by atoms with Crippen molar-refractivity contribution < 1.29 is 14.1 Å². The van der Waals surface area contributed by atoms with Crippen LogP contribution in [0, 0.1) is 6.92 Å². The van der Waals surface area contributed by atoms with Crippen LogP contribution < -0.4 is 10.1 Å². The van der Waals surface area contributed by atoms with Gasteiger partial charge in [-0.3, -0.25) is 9.48 Å². The molecule has 4 rings (SSSR count). The lowest BCUT2D eigenvalue weighted by molar-refractivity contribution is 0.101. The minimum atomic E-state index is -0.370. The first-order valence-corrected chi connectivity index (χ1v) is 9.12. The van der Waals surface area contributed by atoms with Crippen LogP contribution in [0.3, 0.4) is 0 Å². The summed E-state index contributed by atoms with van der Waals surface area (Å²) in [6.45, 7) is 2.69. The molecule has 0 fully saturated rings. The van der Waals surface area contributed by atoms with E-state index in [2.05, 4.69) is 34.6 Å². The minimum Gasteiger partial charge on any atom is -0.496 e. The molecule has 0 radical (unpaired) electrons. The van der Waals surface area contributed by atoms with Gasteiger partial charge in [-0.2, -0.15) is 5.10 Å². The molecular formula is C22H20N4O3. The Morgan fingerprint density at radius 2 is 1.97 bits per heavy atom. The van der Waals surface area contributed by atoms with E-state index in [1.54, 1.807) is 30.3 Å². The van der Waals surface area contributed by atoms with E-state index in [4.69, 9.17) is 9.26 Å². The van der Waals surface area contributed by atoms with E-state index < -0.39 is 0 Å². The van der Waals surface area contributed by atoms with Crippen molar-refractivity contribution in [2.75, 3.05) is 12.4 Å². The second-order valence-corrected chi connectivity index (χ2v) is 6.58. The minimum absolute atomic E-state index is 0.178. The maximum atomic E-state index is 12.5.